The summed E-state index contributed by atoms with van der Waals surface area (Å²) in [5.41, 5.74) is -7.40. The molecule has 2 aromatic rings. The minimum absolute atomic E-state index is 0.00749. The highest BCUT2D eigenvalue weighted by atomic mass is 32.2. The van der Waals surface area contributed by atoms with Crippen LogP contribution in [0, 0.1) is 5.82 Å². The van der Waals surface area contributed by atoms with Crippen LogP contribution in [0.25, 0.3) is 0 Å². The molecule has 1 atom stereocenters. The number of nitrogens with one attached hydrogen (secondary N) is 1. The number of esters is 1. The Kier molecular flexibility index (Phi) is 10.9. The van der Waals surface area contributed by atoms with Gasteiger partial charge in [-0.1, -0.05) is 24.3 Å². The summed E-state index contributed by atoms with van der Waals surface area (Å²) >= 11 is 0. The molecule has 1 N–H and O–H groups in total. The van der Waals surface area contributed by atoms with E-state index in [0.717, 1.165) is 31.4 Å². The Hall–Kier alpha value is -3.02. The Morgan fingerprint density at radius 2 is 1.35 bits per heavy atom. The molecule has 0 fully saturated rings. The highest BCUT2D eigenvalue weighted by Crippen LogP contribution is 2.60. The molecule has 5 nitrogen and oxygen atoms in total. The second-order valence-corrected chi connectivity index (χ2v) is 11.0. The number of halogens is 12. The van der Waals surface area contributed by atoms with Crippen molar-refractivity contribution in [1.29, 1.82) is 0 Å². The molecule has 0 aliphatic heterocycles. The fraction of sp³-hybridized carbons (Fsp3) is 0.480. The van der Waals surface area contributed by atoms with E-state index < -0.39 is 75.5 Å². The largest absolute Gasteiger partial charge is 0.469 e. The van der Waals surface area contributed by atoms with Gasteiger partial charge in [-0.25, -0.2) is 21.9 Å². The number of sulfonamides is 1. The lowest BCUT2D eigenvalue weighted by Crippen LogP contribution is -2.70. The van der Waals surface area contributed by atoms with Gasteiger partial charge in [-0.05, 0) is 54.7 Å². The van der Waals surface area contributed by atoms with E-state index in [0.29, 0.717) is 17.7 Å². The number of benzene rings is 2. The van der Waals surface area contributed by atoms with E-state index >= 15 is 0 Å². The summed E-state index contributed by atoms with van der Waals surface area (Å²) in [6, 6.07) is 5.67. The van der Waals surface area contributed by atoms with Gasteiger partial charge in [0.25, 0.3) is 0 Å². The topological polar surface area (TPSA) is 72.5 Å². The van der Waals surface area contributed by atoms with Gasteiger partial charge in [0.2, 0.25) is 10.0 Å². The van der Waals surface area contributed by atoms with Crippen LogP contribution in [0.4, 0.5) is 52.7 Å². The molecule has 0 aliphatic rings. The Labute approximate surface area is 237 Å². The van der Waals surface area contributed by atoms with Crippen molar-refractivity contribution in [2.45, 2.75) is 72.9 Å². The molecule has 242 valence electrons. The third kappa shape index (κ3) is 7.93. The zero-order valence-corrected chi connectivity index (χ0v) is 22.6. The maximum absolute atomic E-state index is 14.5. The smallest absolute Gasteiger partial charge is 0.438 e. The van der Waals surface area contributed by atoms with Crippen LogP contribution >= 0.6 is 0 Å². The van der Waals surface area contributed by atoms with E-state index in [4.69, 9.17) is 0 Å². The quantitative estimate of drug-likeness (QED) is 0.182. The molecular formula is C25H23F12NO4S. The molecule has 0 spiro atoms. The molecule has 2 aromatic carbocycles. The van der Waals surface area contributed by atoms with Crippen LogP contribution in [-0.4, -0.2) is 51.4 Å². The van der Waals surface area contributed by atoms with Crippen molar-refractivity contribution >= 4 is 16.0 Å². The van der Waals surface area contributed by atoms with Gasteiger partial charge < -0.3 is 4.74 Å². The summed E-state index contributed by atoms with van der Waals surface area (Å²) in [7, 11) is -3.62. The third-order valence-corrected chi connectivity index (χ3v) is 7.79. The Morgan fingerprint density at radius 1 is 0.837 bits per heavy atom. The van der Waals surface area contributed by atoms with Crippen molar-refractivity contribution in [3.05, 3.63) is 65.5 Å². The molecule has 0 aromatic heterocycles. The molecular weight excluding hydrogens is 638 g/mol. The fourth-order valence-corrected chi connectivity index (χ4v) is 5.13. The third-order valence-electron chi connectivity index (χ3n) is 6.30. The van der Waals surface area contributed by atoms with Crippen molar-refractivity contribution < 1.29 is 70.6 Å². The maximum Gasteiger partial charge on any atom is 0.438 e. The SMILES string of the molecule is COC(=O)CCCc1ccc(C(CCC(F)(F)C(F)(F)C(F)(C(F)(F)F)C(F)(F)F)NS(=O)(=O)c2ccc(F)cc2)cc1. The van der Waals surface area contributed by atoms with E-state index in [1.807, 2.05) is 4.72 Å². The predicted octanol–water partition coefficient (Wildman–Crippen LogP) is 7.22. The number of carbonyl (C=O) groups is 1. The first-order valence-electron chi connectivity index (χ1n) is 12.0. The molecule has 0 heterocycles. The maximum atomic E-state index is 14.5. The van der Waals surface area contributed by atoms with E-state index in [1.165, 1.54) is 12.1 Å². The molecule has 0 amide bonds. The molecule has 0 bridgehead atoms. The van der Waals surface area contributed by atoms with Crippen molar-refractivity contribution in [1.82, 2.24) is 4.72 Å². The van der Waals surface area contributed by atoms with E-state index in [2.05, 4.69) is 4.74 Å². The first kappa shape index (κ1) is 36.2. The second kappa shape index (κ2) is 12.9. The van der Waals surface area contributed by atoms with Gasteiger partial charge in [0.05, 0.1) is 12.0 Å². The highest BCUT2D eigenvalue weighted by molar-refractivity contribution is 7.89. The standard InChI is InChI=1S/C25H23F12NO4S/c1-42-20(39)4-2-3-15-5-7-16(8-6-15)19(38-43(40,41)18-11-9-17(26)10-12-18)13-14-21(27,28)23(30,31)22(29,24(32,33)34)25(35,36)37/h5-12,19,38H,2-4,13-14H2,1H3. The lowest BCUT2D eigenvalue weighted by Gasteiger charge is -2.40. The number of hydrogen-bond acceptors (Lipinski definition) is 4. The van der Waals surface area contributed by atoms with Gasteiger partial charge in [-0.15, -0.1) is 0 Å². The Bertz CT molecular complexity index is 1330. The van der Waals surface area contributed by atoms with Crippen molar-refractivity contribution in [2.24, 2.45) is 0 Å². The summed E-state index contributed by atoms with van der Waals surface area (Å²) in [6.45, 7) is 0. The molecule has 1 unspecified atom stereocenters. The average molecular weight is 662 g/mol. The van der Waals surface area contributed by atoms with Gasteiger partial charge in [0.15, 0.2) is 0 Å². The first-order chi connectivity index (χ1) is 19.5. The molecule has 2 rings (SSSR count). The lowest BCUT2D eigenvalue weighted by atomic mass is 9.87. The monoisotopic (exact) mass is 661 g/mol. The molecule has 0 saturated carbocycles. The minimum Gasteiger partial charge on any atom is -0.469 e. The number of aryl methyl sites for hydroxylation is 1. The second-order valence-electron chi connectivity index (χ2n) is 9.27. The van der Waals surface area contributed by atoms with E-state index in [-0.39, 0.29) is 24.8 Å². The van der Waals surface area contributed by atoms with Gasteiger partial charge in [0.1, 0.15) is 5.82 Å². The Morgan fingerprint density at radius 3 is 1.81 bits per heavy atom. The van der Waals surface area contributed by atoms with Gasteiger partial charge in [-0.2, -0.15) is 43.9 Å². The average Bonchev–Trinajstić information content (AvgIpc) is 2.89. The highest BCUT2D eigenvalue weighted by Gasteiger charge is 2.89. The minimum atomic E-state index is -7.65. The van der Waals surface area contributed by atoms with Crippen LogP contribution in [0.2, 0.25) is 0 Å². The molecule has 0 radical (unpaired) electrons. The van der Waals surface area contributed by atoms with Gasteiger partial charge in [-0.3, -0.25) is 4.79 Å². The summed E-state index contributed by atoms with van der Waals surface area (Å²) in [6.07, 6.45) is -18.6. The number of rotatable bonds is 13. The van der Waals surface area contributed by atoms with Crippen LogP contribution in [-0.2, 0) is 26.0 Å². The number of methoxy groups -OCH3 is 1. The van der Waals surface area contributed by atoms with Crippen LogP contribution in [0.3, 0.4) is 0 Å². The van der Waals surface area contributed by atoms with Crippen molar-refractivity contribution in [2.75, 3.05) is 7.11 Å². The number of hydrogen-bond donors (Lipinski definition) is 1. The molecule has 43 heavy (non-hydrogen) atoms. The summed E-state index contributed by atoms with van der Waals surface area (Å²) in [5, 5.41) is 0. The summed E-state index contributed by atoms with van der Waals surface area (Å²) in [4.78, 5) is 10.6. The fourth-order valence-electron chi connectivity index (χ4n) is 3.87. The van der Waals surface area contributed by atoms with Crippen LogP contribution in [0.5, 0.6) is 0 Å². The number of carbonyl (C=O) groups excluding carboxylic acids is 1. The van der Waals surface area contributed by atoms with Gasteiger partial charge >= 0.3 is 35.8 Å². The zero-order valence-electron chi connectivity index (χ0n) is 21.8. The van der Waals surface area contributed by atoms with Gasteiger partial charge in [0, 0.05) is 18.9 Å². The summed E-state index contributed by atoms with van der Waals surface area (Å²) < 4.78 is 194. The van der Waals surface area contributed by atoms with E-state index in [9.17, 15) is 65.9 Å². The van der Waals surface area contributed by atoms with Crippen LogP contribution < -0.4 is 4.72 Å². The first-order valence-corrected chi connectivity index (χ1v) is 13.5. The lowest BCUT2D eigenvalue weighted by molar-refractivity contribution is -0.427. The van der Waals surface area contributed by atoms with Crippen molar-refractivity contribution in [3.8, 4) is 0 Å². The van der Waals surface area contributed by atoms with Crippen molar-refractivity contribution in [3.63, 3.8) is 0 Å². The molecule has 0 aliphatic carbocycles. The van der Waals surface area contributed by atoms with E-state index in [1.54, 1.807) is 0 Å². The number of ether oxygens (including phenoxy) is 1. The van der Waals surface area contributed by atoms with Crippen LogP contribution in [0.15, 0.2) is 53.4 Å². The zero-order chi connectivity index (χ0) is 33.1. The Balaban J connectivity index is 2.44. The normalized spacial score (nSPS) is 14.4. The number of alkyl halides is 11. The molecule has 18 heteroatoms. The summed E-state index contributed by atoms with van der Waals surface area (Å²) in [5.74, 6) is -15.1. The van der Waals surface area contributed by atoms with Crippen LogP contribution in [0.1, 0.15) is 42.9 Å². The molecule has 0 saturated heterocycles. The predicted molar refractivity (Wildman–Crippen MR) is 126 cm³/mol.